The number of aryl methyl sites for hydroxylation is 2. The van der Waals surface area contributed by atoms with E-state index >= 15 is 0 Å². The molecule has 2 atom stereocenters. The molecule has 1 aromatic carbocycles. The first-order chi connectivity index (χ1) is 9.51. The van der Waals surface area contributed by atoms with E-state index in [0.29, 0.717) is 0 Å². The van der Waals surface area contributed by atoms with E-state index in [1.807, 2.05) is 45.9 Å². The molecular formula is C15H21NO3S. The average Bonchev–Trinajstić information content (AvgIpc) is 2.73. The molecule has 1 unspecified atom stereocenters. The summed E-state index contributed by atoms with van der Waals surface area (Å²) >= 11 is -1.73. The number of hydrogen-bond acceptors (Lipinski definition) is 3. The van der Waals surface area contributed by atoms with Gasteiger partial charge in [0.05, 0.1) is 5.69 Å². The zero-order valence-corrected chi connectivity index (χ0v) is 13.2. The first-order valence-electron chi connectivity index (χ1n) is 7.04. The maximum absolute atomic E-state index is 12.5. The van der Waals surface area contributed by atoms with E-state index < -0.39 is 17.4 Å². The number of benzene rings is 1. The van der Waals surface area contributed by atoms with Gasteiger partial charge in [-0.15, -0.1) is 0 Å². The molecule has 1 aliphatic heterocycles. The van der Waals surface area contributed by atoms with Crippen LogP contribution in [0.1, 0.15) is 38.8 Å². The Morgan fingerprint density at radius 2 is 1.80 bits per heavy atom. The molecule has 1 aromatic rings. The molecule has 1 fully saturated rings. The van der Waals surface area contributed by atoms with Crippen LogP contribution in [0.4, 0.5) is 5.69 Å². The number of carbonyl (C=O) groups is 1. The number of nitrogens with zero attached hydrogens (tertiary/aromatic N) is 1. The predicted molar refractivity (Wildman–Crippen MR) is 80.5 cm³/mol. The molecule has 0 aliphatic carbocycles. The van der Waals surface area contributed by atoms with Gasteiger partial charge in [-0.05, 0) is 29.9 Å². The average molecular weight is 295 g/mol. The quantitative estimate of drug-likeness (QED) is 0.858. The highest BCUT2D eigenvalue weighted by Gasteiger charge is 2.43. The van der Waals surface area contributed by atoms with E-state index in [-0.39, 0.29) is 11.8 Å². The molecular weight excluding hydrogens is 274 g/mol. The third kappa shape index (κ3) is 2.52. The molecule has 1 amide bonds. The van der Waals surface area contributed by atoms with Crippen molar-refractivity contribution >= 4 is 22.9 Å². The lowest BCUT2D eigenvalue weighted by molar-refractivity contribution is -0.123. The molecule has 1 aliphatic rings. The largest absolute Gasteiger partial charge is 0.272 e. The summed E-state index contributed by atoms with van der Waals surface area (Å²) in [6.07, 6.45) is 0.956. The van der Waals surface area contributed by atoms with Gasteiger partial charge in [0.1, 0.15) is 0 Å². The van der Waals surface area contributed by atoms with Gasteiger partial charge < -0.3 is 0 Å². The Kier molecular flexibility index (Phi) is 4.60. The van der Waals surface area contributed by atoms with Gasteiger partial charge in [0.25, 0.3) is 17.2 Å². The van der Waals surface area contributed by atoms with Crippen LogP contribution < -0.4 is 4.31 Å². The smallest absolute Gasteiger partial charge is 0.270 e. The summed E-state index contributed by atoms with van der Waals surface area (Å²) in [5.41, 5.74) is 2.82. The van der Waals surface area contributed by atoms with E-state index in [2.05, 4.69) is 0 Å². The number of para-hydroxylation sites is 1. The lowest BCUT2D eigenvalue weighted by Crippen LogP contribution is -2.33. The van der Waals surface area contributed by atoms with Crippen LogP contribution in [0.15, 0.2) is 18.2 Å². The molecule has 5 heteroatoms. The normalized spacial score (nSPS) is 22.9. The van der Waals surface area contributed by atoms with Gasteiger partial charge in [0.15, 0.2) is 6.10 Å². The van der Waals surface area contributed by atoms with E-state index in [9.17, 15) is 9.00 Å². The van der Waals surface area contributed by atoms with Crippen LogP contribution in [0.2, 0.25) is 0 Å². The second-order valence-electron chi connectivity index (χ2n) is 5.24. The molecule has 20 heavy (non-hydrogen) atoms. The fourth-order valence-electron chi connectivity index (χ4n) is 2.42. The summed E-state index contributed by atoms with van der Waals surface area (Å²) in [4.78, 5) is 12.5. The Morgan fingerprint density at radius 1 is 1.25 bits per heavy atom. The van der Waals surface area contributed by atoms with E-state index in [0.717, 1.165) is 29.7 Å². The number of carbonyl (C=O) groups excluding carboxylic acids is 1. The molecule has 1 heterocycles. The summed E-state index contributed by atoms with van der Waals surface area (Å²) in [6, 6.07) is 5.93. The summed E-state index contributed by atoms with van der Waals surface area (Å²) < 4.78 is 18.9. The standard InChI is InChI=1S/C15H21NO3S/c1-5-11-8-7-9-12(6-2)13(11)16-15(17)14(10(3)4)19-20(16)18/h7-10,14H,5-6H2,1-4H3/t14-,20?/m0/s1. The third-order valence-corrected chi connectivity index (χ3v) is 4.58. The lowest BCUT2D eigenvalue weighted by Gasteiger charge is -2.20. The Labute approximate surface area is 122 Å². The molecule has 1 saturated heterocycles. The van der Waals surface area contributed by atoms with Crippen molar-refractivity contribution in [2.45, 2.75) is 46.6 Å². The highest BCUT2D eigenvalue weighted by atomic mass is 32.2. The number of hydrogen-bond donors (Lipinski definition) is 0. The van der Waals surface area contributed by atoms with Gasteiger partial charge in [-0.25, -0.2) is 8.51 Å². The van der Waals surface area contributed by atoms with Gasteiger partial charge in [0.2, 0.25) is 0 Å². The number of amides is 1. The van der Waals surface area contributed by atoms with Crippen molar-refractivity contribution in [3.63, 3.8) is 0 Å². The summed E-state index contributed by atoms with van der Waals surface area (Å²) in [7, 11) is 0. The van der Waals surface area contributed by atoms with Crippen molar-refractivity contribution in [1.29, 1.82) is 0 Å². The minimum atomic E-state index is -1.73. The number of rotatable bonds is 4. The van der Waals surface area contributed by atoms with Crippen LogP contribution in [-0.4, -0.2) is 16.2 Å². The van der Waals surface area contributed by atoms with Crippen molar-refractivity contribution in [3.05, 3.63) is 29.3 Å². The third-order valence-electron chi connectivity index (χ3n) is 3.55. The van der Waals surface area contributed by atoms with E-state index in [4.69, 9.17) is 4.18 Å². The van der Waals surface area contributed by atoms with Crippen molar-refractivity contribution in [3.8, 4) is 0 Å². The highest BCUT2D eigenvalue weighted by Crippen LogP contribution is 2.34. The van der Waals surface area contributed by atoms with Crippen molar-refractivity contribution < 1.29 is 13.2 Å². The molecule has 0 saturated carbocycles. The molecule has 0 radical (unpaired) electrons. The highest BCUT2D eigenvalue weighted by molar-refractivity contribution is 7.83. The molecule has 0 bridgehead atoms. The van der Waals surface area contributed by atoms with E-state index in [1.54, 1.807) is 0 Å². The maximum Gasteiger partial charge on any atom is 0.272 e. The minimum Gasteiger partial charge on any atom is -0.270 e. The van der Waals surface area contributed by atoms with Gasteiger partial charge in [0, 0.05) is 0 Å². The number of anilines is 1. The van der Waals surface area contributed by atoms with E-state index in [1.165, 1.54) is 4.31 Å². The Hall–Kier alpha value is -1.20. The fourth-order valence-corrected chi connectivity index (χ4v) is 3.62. The van der Waals surface area contributed by atoms with Gasteiger partial charge >= 0.3 is 0 Å². The Balaban J connectivity index is 2.51. The first-order valence-corrected chi connectivity index (χ1v) is 8.08. The van der Waals surface area contributed by atoms with Crippen LogP contribution in [0.3, 0.4) is 0 Å². The predicted octanol–water partition coefficient (Wildman–Crippen LogP) is 2.78. The van der Waals surface area contributed by atoms with Gasteiger partial charge in [-0.1, -0.05) is 45.9 Å². The zero-order chi connectivity index (χ0) is 14.9. The zero-order valence-electron chi connectivity index (χ0n) is 12.4. The molecule has 110 valence electrons. The van der Waals surface area contributed by atoms with Crippen LogP contribution >= 0.6 is 0 Å². The SMILES string of the molecule is CCc1cccc(CC)c1N1C(=O)[C@H](C(C)C)OS1=O. The fraction of sp³-hybridized carbons (Fsp3) is 0.533. The van der Waals surface area contributed by atoms with Crippen molar-refractivity contribution in [2.24, 2.45) is 5.92 Å². The second kappa shape index (κ2) is 6.06. The second-order valence-corrected chi connectivity index (χ2v) is 6.23. The monoisotopic (exact) mass is 295 g/mol. The molecule has 0 spiro atoms. The Bertz CT molecular complexity index is 520. The van der Waals surface area contributed by atoms with Crippen LogP contribution in [0, 0.1) is 5.92 Å². The maximum atomic E-state index is 12.5. The first kappa shape index (κ1) is 15.2. The molecule has 2 rings (SSSR count). The minimum absolute atomic E-state index is 0.00955. The van der Waals surface area contributed by atoms with Crippen molar-refractivity contribution in [1.82, 2.24) is 0 Å². The molecule has 4 nitrogen and oxygen atoms in total. The summed E-state index contributed by atoms with van der Waals surface area (Å²) in [6.45, 7) is 7.86. The summed E-state index contributed by atoms with van der Waals surface area (Å²) in [5, 5.41) is 0. The Morgan fingerprint density at radius 3 is 2.20 bits per heavy atom. The van der Waals surface area contributed by atoms with Crippen LogP contribution in [-0.2, 0) is 33.1 Å². The van der Waals surface area contributed by atoms with Gasteiger partial charge in [-0.3, -0.25) is 8.98 Å². The van der Waals surface area contributed by atoms with Crippen LogP contribution in [0.25, 0.3) is 0 Å². The molecule has 0 N–H and O–H groups in total. The van der Waals surface area contributed by atoms with Gasteiger partial charge in [-0.2, -0.15) is 0 Å². The lowest BCUT2D eigenvalue weighted by atomic mass is 10.0. The summed E-state index contributed by atoms with van der Waals surface area (Å²) in [5.74, 6) is -0.191. The molecule has 0 aromatic heterocycles. The topological polar surface area (TPSA) is 46.6 Å². The van der Waals surface area contributed by atoms with Crippen molar-refractivity contribution in [2.75, 3.05) is 4.31 Å². The van der Waals surface area contributed by atoms with Crippen LogP contribution in [0.5, 0.6) is 0 Å².